The Labute approximate surface area is 265 Å². The second-order valence-electron chi connectivity index (χ2n) is 13.5. The Morgan fingerprint density at radius 2 is 1.40 bits per heavy atom. The number of fused-ring (bicyclic) bond motifs is 16. The first-order valence-electron chi connectivity index (χ1n) is 16.9. The number of carboxylic acid groups (broad SMARTS) is 1. The summed E-state index contributed by atoms with van der Waals surface area (Å²) >= 11 is 0. The van der Waals surface area contributed by atoms with Crippen LogP contribution in [0.2, 0.25) is 0 Å². The maximum atomic E-state index is 13.3. The van der Waals surface area contributed by atoms with Crippen molar-refractivity contribution in [3.63, 3.8) is 0 Å². The highest BCUT2D eigenvalue weighted by molar-refractivity contribution is 5.93. The van der Waals surface area contributed by atoms with Crippen molar-refractivity contribution >= 4 is 35.5 Å². The van der Waals surface area contributed by atoms with E-state index in [1.165, 1.54) is 32.1 Å². The molecule has 252 valence electrons. The van der Waals surface area contributed by atoms with Gasteiger partial charge in [0.15, 0.2) is 0 Å². The zero-order chi connectivity index (χ0) is 32.2. The lowest BCUT2D eigenvalue weighted by molar-refractivity contribution is -0.138. The number of nitrogens with one attached hydrogen (secondary N) is 5. The number of rotatable bonds is 6. The van der Waals surface area contributed by atoms with Gasteiger partial charge in [0.25, 0.3) is 0 Å². The third-order valence-corrected chi connectivity index (χ3v) is 10.2. The Bertz CT molecular complexity index is 1050. The summed E-state index contributed by atoms with van der Waals surface area (Å²) in [5.41, 5.74) is 0. The molecule has 13 heteroatoms. The molecule has 6 N–H and O–H groups in total. The zero-order valence-corrected chi connectivity index (χ0v) is 26.3. The van der Waals surface area contributed by atoms with Crippen LogP contribution in [0.3, 0.4) is 0 Å². The van der Waals surface area contributed by atoms with Crippen LogP contribution in [0.4, 0.5) is 0 Å². The van der Waals surface area contributed by atoms with Crippen molar-refractivity contribution in [1.29, 1.82) is 0 Å². The Morgan fingerprint density at radius 3 is 2.09 bits per heavy atom. The third kappa shape index (κ3) is 11.6. The van der Waals surface area contributed by atoms with Crippen molar-refractivity contribution in [3.8, 4) is 0 Å². The van der Waals surface area contributed by atoms with Gasteiger partial charge in [-0.25, -0.2) is 0 Å². The molecule has 0 aromatic carbocycles. The van der Waals surface area contributed by atoms with Crippen molar-refractivity contribution < 1.29 is 38.6 Å². The summed E-state index contributed by atoms with van der Waals surface area (Å²) < 4.78 is 5.77. The maximum absolute atomic E-state index is 13.3. The fraction of sp³-hybridized carbons (Fsp3) is 0.812. The fourth-order valence-corrected chi connectivity index (χ4v) is 7.66. The first-order valence-corrected chi connectivity index (χ1v) is 16.9. The van der Waals surface area contributed by atoms with Crippen molar-refractivity contribution in [3.05, 3.63) is 0 Å². The second kappa shape index (κ2) is 17.5. The Hall–Kier alpha value is -3.22. The minimum atomic E-state index is -1.20. The molecule has 0 radical (unpaired) electrons. The van der Waals surface area contributed by atoms with E-state index < -0.39 is 60.7 Å². The van der Waals surface area contributed by atoms with Crippen molar-refractivity contribution in [2.75, 3.05) is 26.2 Å². The van der Waals surface area contributed by atoms with Gasteiger partial charge in [0.05, 0.1) is 19.2 Å². The lowest BCUT2D eigenvalue weighted by Gasteiger charge is -2.36. The smallest absolute Gasteiger partial charge is 0.322 e. The molecule has 2 bridgehead atoms. The fourth-order valence-electron chi connectivity index (χ4n) is 7.66. The van der Waals surface area contributed by atoms with Gasteiger partial charge in [-0.1, -0.05) is 44.9 Å². The average Bonchev–Trinajstić information content (AvgIpc) is 3.04. The SMILES string of the molecule is O=C(O)CNC(=O)C1CC2CCC(CC2)OCC(=O)NCC(=O)NC(CC2CCC(C3CCCCC3)CC2)C(=O)NCC(=O)N1. The lowest BCUT2D eigenvalue weighted by atomic mass is 9.70. The summed E-state index contributed by atoms with van der Waals surface area (Å²) in [4.78, 5) is 75.3. The van der Waals surface area contributed by atoms with Crippen molar-refractivity contribution in [2.45, 2.75) is 114 Å². The second-order valence-corrected chi connectivity index (χ2v) is 13.5. The van der Waals surface area contributed by atoms with Gasteiger partial charge in [0.1, 0.15) is 25.2 Å². The quantitative estimate of drug-likeness (QED) is 0.235. The monoisotopic (exact) mass is 633 g/mol. The van der Waals surface area contributed by atoms with E-state index in [1.54, 1.807) is 0 Å². The van der Waals surface area contributed by atoms with Crippen LogP contribution in [0.15, 0.2) is 0 Å². The van der Waals surface area contributed by atoms with E-state index in [-0.39, 0.29) is 31.1 Å². The Balaban J connectivity index is 1.40. The predicted octanol–water partition coefficient (Wildman–Crippen LogP) is 1.15. The topological polar surface area (TPSA) is 192 Å². The number of hydrogen-bond acceptors (Lipinski definition) is 7. The first kappa shape index (κ1) is 34.6. The summed E-state index contributed by atoms with van der Waals surface area (Å²) in [6.07, 6.45) is 14.1. The highest BCUT2D eigenvalue weighted by Gasteiger charge is 2.33. The molecule has 2 unspecified atom stereocenters. The molecular weight excluding hydrogens is 582 g/mol. The van der Waals surface area contributed by atoms with Crippen LogP contribution in [0, 0.1) is 23.7 Å². The summed E-state index contributed by atoms with van der Waals surface area (Å²) in [6, 6.07) is -1.86. The molecule has 45 heavy (non-hydrogen) atoms. The molecule has 5 amide bonds. The highest BCUT2D eigenvalue weighted by Crippen LogP contribution is 2.41. The van der Waals surface area contributed by atoms with E-state index >= 15 is 0 Å². The van der Waals surface area contributed by atoms with Gasteiger partial charge in [0, 0.05) is 0 Å². The van der Waals surface area contributed by atoms with Crippen LogP contribution >= 0.6 is 0 Å². The molecule has 3 aliphatic carbocycles. The van der Waals surface area contributed by atoms with Crippen LogP contribution in [0.1, 0.15) is 96.3 Å². The maximum Gasteiger partial charge on any atom is 0.322 e. The normalized spacial score (nSPS) is 31.6. The molecule has 0 spiro atoms. The number of amides is 5. The molecule has 2 saturated heterocycles. The zero-order valence-electron chi connectivity index (χ0n) is 26.3. The minimum Gasteiger partial charge on any atom is -0.480 e. The van der Waals surface area contributed by atoms with E-state index in [4.69, 9.17) is 9.84 Å². The van der Waals surface area contributed by atoms with E-state index in [0.29, 0.717) is 38.5 Å². The summed E-state index contributed by atoms with van der Waals surface area (Å²) in [5.74, 6) is -1.98. The van der Waals surface area contributed by atoms with Crippen LogP contribution in [0.5, 0.6) is 0 Å². The number of aliphatic carboxylic acids is 1. The van der Waals surface area contributed by atoms with Gasteiger partial charge in [-0.3, -0.25) is 28.8 Å². The van der Waals surface area contributed by atoms with Crippen LogP contribution in [0.25, 0.3) is 0 Å². The van der Waals surface area contributed by atoms with Crippen LogP contribution in [-0.2, 0) is 33.5 Å². The van der Waals surface area contributed by atoms with Crippen LogP contribution in [-0.4, -0.2) is 85.0 Å². The molecule has 5 fully saturated rings. The third-order valence-electron chi connectivity index (χ3n) is 10.2. The number of ether oxygens (including phenoxy) is 1. The van der Waals surface area contributed by atoms with Gasteiger partial charge in [0.2, 0.25) is 29.5 Å². The summed E-state index contributed by atoms with van der Waals surface area (Å²) in [7, 11) is 0. The molecule has 0 aromatic rings. The molecule has 5 aliphatic rings. The van der Waals surface area contributed by atoms with E-state index in [0.717, 1.165) is 37.5 Å². The van der Waals surface area contributed by atoms with Gasteiger partial charge < -0.3 is 36.4 Å². The largest absolute Gasteiger partial charge is 0.480 e. The van der Waals surface area contributed by atoms with Gasteiger partial charge in [-0.2, -0.15) is 0 Å². The Kier molecular flexibility index (Phi) is 13.5. The Morgan fingerprint density at radius 1 is 0.756 bits per heavy atom. The molecule has 5 rings (SSSR count). The predicted molar refractivity (Wildman–Crippen MR) is 163 cm³/mol. The molecule has 2 heterocycles. The van der Waals surface area contributed by atoms with Gasteiger partial charge in [-0.05, 0) is 75.0 Å². The molecule has 13 nitrogen and oxygen atoms in total. The lowest BCUT2D eigenvalue weighted by Crippen LogP contribution is -2.54. The number of carboxylic acids is 1. The highest BCUT2D eigenvalue weighted by atomic mass is 16.5. The summed E-state index contributed by atoms with van der Waals surface area (Å²) in [6.45, 7) is -1.46. The standard InChI is InChI=1S/C32H51N5O8/c38-27-16-33-29(40)19-45-24-12-8-21(9-13-24)15-26(32(44)35-18-30(41)42)37-28(39)17-34-31(43)25(36-27)14-20-6-10-23(11-7-20)22-4-2-1-3-5-22/h20-26H,1-19H2,(H,33,40)(H,34,43)(H,35,44)(H,36,38)(H,37,39)(H,41,42). The molecule has 3 saturated carbocycles. The minimum absolute atomic E-state index is 0.0793. The molecule has 0 aromatic heterocycles. The number of carbonyl (C=O) groups is 6. The van der Waals surface area contributed by atoms with Crippen LogP contribution < -0.4 is 26.6 Å². The summed E-state index contributed by atoms with van der Waals surface area (Å²) in [5, 5.41) is 22.0. The van der Waals surface area contributed by atoms with E-state index in [1.807, 2.05) is 0 Å². The number of hydrogen-bond donors (Lipinski definition) is 6. The first-order chi connectivity index (χ1) is 21.7. The average molecular weight is 634 g/mol. The van der Waals surface area contributed by atoms with Crippen molar-refractivity contribution in [1.82, 2.24) is 26.6 Å². The van der Waals surface area contributed by atoms with Crippen molar-refractivity contribution in [2.24, 2.45) is 23.7 Å². The van der Waals surface area contributed by atoms with Gasteiger partial charge >= 0.3 is 5.97 Å². The molecule has 2 atom stereocenters. The molecule has 2 aliphatic heterocycles. The van der Waals surface area contributed by atoms with Gasteiger partial charge in [-0.15, -0.1) is 0 Å². The number of carbonyl (C=O) groups excluding carboxylic acids is 5. The molecular formula is C32H51N5O8. The van der Waals surface area contributed by atoms with E-state index in [2.05, 4.69) is 26.6 Å². The van der Waals surface area contributed by atoms with E-state index in [9.17, 15) is 28.8 Å².